The molecule has 5 heteroatoms. The molecule has 0 aromatic heterocycles. The molecule has 1 rings (SSSR count). The maximum Gasteiger partial charge on any atom is 0.243 e. The Hall–Kier alpha value is -0.910. The van der Waals surface area contributed by atoms with Crippen molar-refractivity contribution in [1.29, 1.82) is 0 Å². The Morgan fingerprint density at radius 2 is 1.85 bits per heavy atom. The topological polar surface area (TPSA) is 49.4 Å². The Morgan fingerprint density at radius 3 is 2.35 bits per heavy atom. The van der Waals surface area contributed by atoms with Gasteiger partial charge in [-0.2, -0.15) is 4.31 Å². The van der Waals surface area contributed by atoms with Crippen LogP contribution < -0.4 is 5.32 Å². The van der Waals surface area contributed by atoms with Gasteiger partial charge in [0, 0.05) is 19.6 Å². The first-order valence-electron chi connectivity index (χ1n) is 6.98. The van der Waals surface area contributed by atoms with Crippen LogP contribution in [0.15, 0.2) is 17.0 Å². The maximum absolute atomic E-state index is 12.7. The van der Waals surface area contributed by atoms with Crippen molar-refractivity contribution in [1.82, 2.24) is 9.62 Å². The van der Waals surface area contributed by atoms with Crippen LogP contribution in [0.5, 0.6) is 0 Å². The van der Waals surface area contributed by atoms with Crippen LogP contribution >= 0.6 is 0 Å². The molecule has 1 aromatic rings. The molecular weight excluding hydrogens is 272 g/mol. The van der Waals surface area contributed by atoms with Crippen molar-refractivity contribution in [3.8, 4) is 0 Å². The SMILES string of the molecule is CCC(C)N(C)S(=O)(=O)c1cc(CNC)c(C)cc1C. The molecule has 0 aliphatic heterocycles. The van der Waals surface area contributed by atoms with Crippen LogP contribution in [-0.2, 0) is 16.6 Å². The van der Waals surface area contributed by atoms with Gasteiger partial charge in [-0.25, -0.2) is 8.42 Å². The number of rotatable bonds is 6. The summed E-state index contributed by atoms with van der Waals surface area (Å²) in [6.45, 7) is 8.45. The molecule has 0 bridgehead atoms. The minimum absolute atomic E-state index is 0.00606. The van der Waals surface area contributed by atoms with E-state index in [1.807, 2.05) is 40.8 Å². The van der Waals surface area contributed by atoms with Crippen molar-refractivity contribution in [2.24, 2.45) is 0 Å². The quantitative estimate of drug-likeness (QED) is 0.877. The highest BCUT2D eigenvalue weighted by Gasteiger charge is 2.26. The number of nitrogens with zero attached hydrogens (tertiary/aromatic N) is 1. The summed E-state index contributed by atoms with van der Waals surface area (Å²) >= 11 is 0. The molecule has 0 amide bonds. The first-order valence-corrected chi connectivity index (χ1v) is 8.42. The highest BCUT2D eigenvalue weighted by molar-refractivity contribution is 7.89. The molecule has 0 saturated carbocycles. The Kier molecular flexibility index (Phi) is 5.74. The van der Waals surface area contributed by atoms with E-state index < -0.39 is 10.0 Å². The molecule has 0 heterocycles. The average molecular weight is 298 g/mol. The van der Waals surface area contributed by atoms with Crippen molar-refractivity contribution in [2.75, 3.05) is 14.1 Å². The molecule has 0 aliphatic rings. The second-order valence-corrected chi connectivity index (χ2v) is 7.32. The molecule has 1 unspecified atom stereocenters. The predicted octanol–water partition coefficient (Wildman–Crippen LogP) is 2.44. The molecular formula is C15H26N2O2S. The van der Waals surface area contributed by atoms with Gasteiger partial charge in [-0.15, -0.1) is 0 Å². The maximum atomic E-state index is 12.7. The number of hydrogen-bond acceptors (Lipinski definition) is 3. The Balaban J connectivity index is 3.34. The van der Waals surface area contributed by atoms with Gasteiger partial charge in [0.05, 0.1) is 4.90 Å². The third-order valence-electron chi connectivity index (χ3n) is 3.87. The Labute approximate surface area is 123 Å². The van der Waals surface area contributed by atoms with Gasteiger partial charge in [-0.3, -0.25) is 0 Å². The van der Waals surface area contributed by atoms with Gasteiger partial charge >= 0.3 is 0 Å². The standard InChI is InChI=1S/C15H26N2O2S/c1-7-13(4)17(6)20(18,19)15-9-14(10-16-5)11(2)8-12(15)3/h8-9,13,16H,7,10H2,1-6H3. The van der Waals surface area contributed by atoms with E-state index in [2.05, 4.69) is 5.32 Å². The number of sulfonamides is 1. The summed E-state index contributed by atoms with van der Waals surface area (Å²) in [4.78, 5) is 0.413. The van der Waals surface area contributed by atoms with Crippen LogP contribution in [0.1, 0.15) is 37.0 Å². The van der Waals surface area contributed by atoms with Crippen molar-refractivity contribution in [3.63, 3.8) is 0 Å². The van der Waals surface area contributed by atoms with Crippen molar-refractivity contribution in [2.45, 2.75) is 51.6 Å². The lowest BCUT2D eigenvalue weighted by Gasteiger charge is -2.24. The fourth-order valence-corrected chi connectivity index (χ4v) is 3.87. The number of hydrogen-bond donors (Lipinski definition) is 1. The lowest BCUT2D eigenvalue weighted by molar-refractivity contribution is 0.380. The highest BCUT2D eigenvalue weighted by atomic mass is 32.2. The number of benzene rings is 1. The summed E-state index contributed by atoms with van der Waals surface area (Å²) in [6.07, 6.45) is 0.796. The van der Waals surface area contributed by atoms with Gasteiger partial charge in [-0.1, -0.05) is 13.0 Å². The number of aryl methyl sites for hydroxylation is 2. The average Bonchev–Trinajstić information content (AvgIpc) is 2.39. The van der Waals surface area contributed by atoms with E-state index >= 15 is 0 Å². The summed E-state index contributed by atoms with van der Waals surface area (Å²) in [6, 6.07) is 3.74. The number of nitrogens with one attached hydrogen (secondary N) is 1. The van der Waals surface area contributed by atoms with Gasteiger partial charge in [0.25, 0.3) is 0 Å². The van der Waals surface area contributed by atoms with E-state index in [0.717, 1.165) is 23.1 Å². The van der Waals surface area contributed by atoms with Crippen molar-refractivity contribution < 1.29 is 8.42 Å². The monoisotopic (exact) mass is 298 g/mol. The molecule has 1 N–H and O–H groups in total. The zero-order valence-corrected chi connectivity index (χ0v) is 14.1. The zero-order valence-electron chi connectivity index (χ0n) is 13.3. The summed E-state index contributed by atoms with van der Waals surface area (Å²) in [5, 5.41) is 3.08. The molecule has 0 saturated heterocycles. The third kappa shape index (κ3) is 3.40. The molecule has 0 aliphatic carbocycles. The van der Waals surface area contributed by atoms with Crippen molar-refractivity contribution >= 4 is 10.0 Å². The lowest BCUT2D eigenvalue weighted by Crippen LogP contribution is -2.35. The fraction of sp³-hybridized carbons (Fsp3) is 0.600. The van der Waals surface area contributed by atoms with Crippen LogP contribution in [0.25, 0.3) is 0 Å². The Morgan fingerprint density at radius 1 is 1.25 bits per heavy atom. The molecule has 1 aromatic carbocycles. The van der Waals surface area contributed by atoms with Gasteiger partial charge in [-0.05, 0) is 57.0 Å². The minimum Gasteiger partial charge on any atom is -0.316 e. The zero-order chi connectivity index (χ0) is 15.5. The smallest absolute Gasteiger partial charge is 0.243 e. The molecule has 114 valence electrons. The van der Waals surface area contributed by atoms with E-state index in [1.54, 1.807) is 13.1 Å². The summed E-state index contributed by atoms with van der Waals surface area (Å²) in [7, 11) is 0.0802. The lowest BCUT2D eigenvalue weighted by atomic mass is 10.1. The van der Waals surface area contributed by atoms with Crippen LogP contribution in [0.3, 0.4) is 0 Å². The summed E-state index contributed by atoms with van der Waals surface area (Å²) in [5.41, 5.74) is 2.94. The molecule has 0 fully saturated rings. The third-order valence-corrected chi connectivity index (χ3v) is 5.98. The van der Waals surface area contributed by atoms with E-state index in [-0.39, 0.29) is 6.04 Å². The van der Waals surface area contributed by atoms with Gasteiger partial charge in [0.1, 0.15) is 0 Å². The van der Waals surface area contributed by atoms with Crippen LogP contribution in [0.4, 0.5) is 0 Å². The molecule has 0 radical (unpaired) electrons. The minimum atomic E-state index is -3.43. The second kappa shape index (κ2) is 6.70. The van der Waals surface area contributed by atoms with Gasteiger partial charge < -0.3 is 5.32 Å². The molecule has 4 nitrogen and oxygen atoms in total. The van der Waals surface area contributed by atoms with E-state index in [4.69, 9.17) is 0 Å². The Bertz CT molecular complexity index is 567. The normalized spacial score (nSPS) is 13.8. The summed E-state index contributed by atoms with van der Waals surface area (Å²) in [5.74, 6) is 0. The van der Waals surface area contributed by atoms with E-state index in [9.17, 15) is 8.42 Å². The molecule has 20 heavy (non-hydrogen) atoms. The van der Waals surface area contributed by atoms with Crippen molar-refractivity contribution in [3.05, 3.63) is 28.8 Å². The van der Waals surface area contributed by atoms with E-state index in [0.29, 0.717) is 11.4 Å². The van der Waals surface area contributed by atoms with Crippen LogP contribution in [0.2, 0.25) is 0 Å². The second-order valence-electron chi connectivity index (χ2n) is 5.35. The predicted molar refractivity (Wildman–Crippen MR) is 83.4 cm³/mol. The van der Waals surface area contributed by atoms with Gasteiger partial charge in [0.2, 0.25) is 10.0 Å². The molecule has 1 atom stereocenters. The molecule has 0 spiro atoms. The van der Waals surface area contributed by atoms with Crippen LogP contribution in [-0.4, -0.2) is 32.9 Å². The first-order chi connectivity index (χ1) is 9.25. The fourth-order valence-electron chi connectivity index (χ4n) is 2.18. The largest absolute Gasteiger partial charge is 0.316 e. The summed E-state index contributed by atoms with van der Waals surface area (Å²) < 4.78 is 26.9. The first kappa shape index (κ1) is 17.1. The highest BCUT2D eigenvalue weighted by Crippen LogP contribution is 2.24. The van der Waals surface area contributed by atoms with E-state index in [1.165, 1.54) is 4.31 Å². The van der Waals surface area contributed by atoms with Gasteiger partial charge in [0.15, 0.2) is 0 Å². The van der Waals surface area contributed by atoms with Crippen LogP contribution in [0, 0.1) is 13.8 Å².